The maximum Gasteiger partial charge on any atom is 0.314 e. The molecule has 4 rings (SSSR count). The minimum absolute atomic E-state index is 0.0754. The Balaban J connectivity index is 1.54. The number of allylic oxidation sites excluding steroid dienone is 12. The molecule has 0 aromatic heterocycles. The van der Waals surface area contributed by atoms with Crippen LogP contribution in [0.3, 0.4) is 0 Å². The lowest BCUT2D eigenvalue weighted by Gasteiger charge is -2.48. The number of methoxy groups -OCH3 is 1. The van der Waals surface area contributed by atoms with E-state index in [2.05, 4.69) is 5.32 Å². The van der Waals surface area contributed by atoms with Gasteiger partial charge in [-0.05, 0) is 75.6 Å². The van der Waals surface area contributed by atoms with Crippen LogP contribution < -0.4 is 11.1 Å². The van der Waals surface area contributed by atoms with Crippen molar-refractivity contribution in [3.63, 3.8) is 0 Å². The molecule has 19 atom stereocenters. The molecule has 452 valence electrons. The fraction of sp³-hybridized carbons (Fsp3) is 0.600. The zero-order chi connectivity index (χ0) is 59.8. The van der Waals surface area contributed by atoms with Crippen molar-refractivity contribution in [2.24, 2.45) is 23.5 Å². The van der Waals surface area contributed by atoms with Crippen LogP contribution in [-0.4, -0.2) is 186 Å². The molecule has 1 aromatic rings. The van der Waals surface area contributed by atoms with Crippen LogP contribution in [0.25, 0.3) is 0 Å². The summed E-state index contributed by atoms with van der Waals surface area (Å²) in [5, 5.41) is 113. The fourth-order valence-electron chi connectivity index (χ4n) is 10.2. The monoisotopic (exact) mass is 1140 g/mol. The SMILES string of the molecule is CNc1ccc(C(=O)CC(O)CCC(C)C2OC(=O)CC(O)CC(=O)CC(O)CC(O)CC(O)CC(O)CC3(O)CC(O)C(C(=O)OC)C(O3)C(OC3O[C@H](C)[C@@H](O)[C@H](N)[C@@H]3O)CC=CC=CC=CC=CC=CC=CC=CC2C)cc1. The number of aliphatic hydroxyl groups excluding tert-OH is 9. The molecule has 13 N–H and O–H groups in total. The lowest BCUT2D eigenvalue weighted by Crippen LogP contribution is -2.63. The first kappa shape index (κ1) is 68.4. The van der Waals surface area contributed by atoms with Gasteiger partial charge in [-0.1, -0.05) is 98.9 Å². The molecule has 3 heterocycles. The highest BCUT2D eigenvalue weighted by molar-refractivity contribution is 5.96. The second-order valence-electron chi connectivity index (χ2n) is 21.6. The summed E-state index contributed by atoms with van der Waals surface area (Å²) in [7, 11) is 2.86. The number of hydrogen-bond donors (Lipinski definition) is 12. The number of anilines is 1. The average molecular weight is 1140 g/mol. The van der Waals surface area contributed by atoms with Gasteiger partial charge in [0.2, 0.25) is 0 Å². The summed E-state index contributed by atoms with van der Waals surface area (Å²) in [4.78, 5) is 52.5. The highest BCUT2D eigenvalue weighted by Crippen LogP contribution is 2.40. The topological polar surface area (TPSA) is 355 Å². The van der Waals surface area contributed by atoms with Crippen molar-refractivity contribution in [3.8, 4) is 0 Å². The van der Waals surface area contributed by atoms with Crippen molar-refractivity contribution in [1.29, 1.82) is 0 Å². The van der Waals surface area contributed by atoms with E-state index in [1.165, 1.54) is 6.92 Å². The first-order valence-corrected chi connectivity index (χ1v) is 27.8. The van der Waals surface area contributed by atoms with Gasteiger partial charge >= 0.3 is 11.9 Å². The Bertz CT molecular complexity index is 2320. The van der Waals surface area contributed by atoms with Gasteiger partial charge in [-0.15, -0.1) is 0 Å². The number of carbonyl (C=O) groups excluding carboxylic acids is 4. The van der Waals surface area contributed by atoms with Gasteiger partial charge in [0.05, 0.1) is 80.6 Å². The molecular formula is C60H88N2O19. The smallest absolute Gasteiger partial charge is 0.314 e. The number of ketones is 2. The maximum atomic E-state index is 13.3. The van der Waals surface area contributed by atoms with Crippen LogP contribution in [0.2, 0.25) is 0 Å². The maximum absolute atomic E-state index is 13.3. The van der Waals surface area contributed by atoms with E-state index in [0.717, 1.165) is 12.8 Å². The largest absolute Gasteiger partial charge is 0.469 e. The first-order chi connectivity index (χ1) is 38.4. The number of aliphatic hydroxyl groups is 10. The van der Waals surface area contributed by atoms with E-state index < -0.39 is 172 Å². The third-order valence-electron chi connectivity index (χ3n) is 14.6. The minimum Gasteiger partial charge on any atom is -0.469 e. The summed E-state index contributed by atoms with van der Waals surface area (Å²) in [6, 6.07) is 5.72. The molecule has 3 aliphatic rings. The number of benzene rings is 1. The molecule has 2 fully saturated rings. The Morgan fingerprint density at radius 1 is 0.753 bits per heavy atom. The Hall–Kier alpha value is -5.08. The number of rotatable bonds is 11. The zero-order valence-corrected chi connectivity index (χ0v) is 47.0. The molecule has 21 heteroatoms. The van der Waals surface area contributed by atoms with Crippen LogP contribution in [0.15, 0.2) is 109 Å². The van der Waals surface area contributed by atoms with E-state index >= 15 is 0 Å². The lowest BCUT2D eigenvalue weighted by atomic mass is 9.82. The van der Waals surface area contributed by atoms with Crippen LogP contribution in [0.1, 0.15) is 108 Å². The van der Waals surface area contributed by atoms with E-state index in [1.807, 2.05) is 19.9 Å². The second kappa shape index (κ2) is 34.5. The number of fused-ring (bicyclic) bond motifs is 2. The van der Waals surface area contributed by atoms with Gasteiger partial charge in [0.1, 0.15) is 30.0 Å². The van der Waals surface area contributed by atoms with Gasteiger partial charge in [-0.2, -0.15) is 0 Å². The molecule has 1 aromatic carbocycles. The molecule has 2 bridgehead atoms. The number of cyclic esters (lactones) is 1. The summed E-state index contributed by atoms with van der Waals surface area (Å²) in [6.07, 6.45) is 2.45. The molecule has 3 aliphatic heterocycles. The fourth-order valence-corrected chi connectivity index (χ4v) is 10.2. The zero-order valence-electron chi connectivity index (χ0n) is 47.0. The Morgan fingerprint density at radius 3 is 1.93 bits per heavy atom. The van der Waals surface area contributed by atoms with Crippen molar-refractivity contribution < 1.29 is 93.9 Å². The van der Waals surface area contributed by atoms with Crippen molar-refractivity contribution in [1.82, 2.24) is 0 Å². The molecule has 15 unspecified atom stereocenters. The number of nitrogens with two attached hydrogens (primary N) is 1. The number of Topliss-reactive ketones (excluding diaryl/α,β-unsaturated/α-hetero) is 2. The molecule has 0 spiro atoms. The molecule has 0 amide bonds. The Labute approximate surface area is 474 Å². The van der Waals surface area contributed by atoms with E-state index in [4.69, 9.17) is 29.4 Å². The van der Waals surface area contributed by atoms with Gasteiger partial charge in [-0.3, -0.25) is 19.2 Å². The van der Waals surface area contributed by atoms with Crippen LogP contribution in [0, 0.1) is 17.8 Å². The third-order valence-corrected chi connectivity index (χ3v) is 14.6. The van der Waals surface area contributed by atoms with Gasteiger partial charge in [0, 0.05) is 56.3 Å². The second-order valence-corrected chi connectivity index (χ2v) is 21.6. The van der Waals surface area contributed by atoms with Crippen LogP contribution in [0.4, 0.5) is 5.69 Å². The average Bonchev–Trinajstić information content (AvgIpc) is 3.53. The van der Waals surface area contributed by atoms with Crippen molar-refractivity contribution in [2.75, 3.05) is 19.5 Å². The van der Waals surface area contributed by atoms with E-state index in [1.54, 1.807) is 110 Å². The van der Waals surface area contributed by atoms with Gasteiger partial charge in [0.15, 0.2) is 17.9 Å². The highest BCUT2D eigenvalue weighted by Gasteiger charge is 2.54. The van der Waals surface area contributed by atoms with Gasteiger partial charge in [-0.25, -0.2) is 0 Å². The third kappa shape index (κ3) is 23.2. The molecule has 81 heavy (non-hydrogen) atoms. The Morgan fingerprint density at radius 2 is 1.32 bits per heavy atom. The predicted molar refractivity (Wildman–Crippen MR) is 299 cm³/mol. The Kier molecular flexibility index (Phi) is 29.1. The molecule has 0 saturated carbocycles. The van der Waals surface area contributed by atoms with Crippen LogP contribution in [0.5, 0.6) is 0 Å². The van der Waals surface area contributed by atoms with E-state index in [-0.39, 0.29) is 36.9 Å². The van der Waals surface area contributed by atoms with Gasteiger partial charge in [0.25, 0.3) is 0 Å². The number of hydrogen-bond acceptors (Lipinski definition) is 21. The van der Waals surface area contributed by atoms with Crippen molar-refractivity contribution >= 4 is 29.2 Å². The lowest BCUT2D eigenvalue weighted by molar-refractivity contribution is -0.338. The summed E-state index contributed by atoms with van der Waals surface area (Å²) in [6.45, 7) is 5.22. The predicted octanol–water partition coefficient (Wildman–Crippen LogP) is 2.83. The first-order valence-electron chi connectivity index (χ1n) is 27.8. The van der Waals surface area contributed by atoms with Crippen LogP contribution >= 0.6 is 0 Å². The summed E-state index contributed by atoms with van der Waals surface area (Å²) < 4.78 is 29.1. The van der Waals surface area contributed by atoms with E-state index in [9.17, 15) is 70.2 Å². The quantitative estimate of drug-likeness (QED) is 0.112. The molecule has 0 aliphatic carbocycles. The van der Waals surface area contributed by atoms with Gasteiger partial charge < -0.3 is 85.8 Å². The van der Waals surface area contributed by atoms with E-state index in [0.29, 0.717) is 12.0 Å². The van der Waals surface area contributed by atoms with Crippen molar-refractivity contribution in [2.45, 2.75) is 195 Å². The normalized spacial score (nSPS) is 34.9. The summed E-state index contributed by atoms with van der Waals surface area (Å²) in [5.74, 6) is -7.06. The standard InChI is InChI=1S/C60H88N2O19/c1-36-19-17-15-13-11-9-7-6-8-10-12-14-16-18-20-50(79-59-55(74)53(61)54(73)38(3)78-59)57-52(58(75)77-5)49(71)35-60(76,81-57)34-47(69)31-45(67)29-43(65)27-42(64)28-44(66)30-46(68)33-51(72)80-56(36)37(2)21-26-41(63)32-48(70)39-22-24-40(62-4)25-23-39/h6-19,22-25,36-38,41-43,45-47,49-50,52-57,59,62-65,67-69,71,73-74,76H,20-21,26-35,61H2,1-5H3/t36?,37?,38-,41?,42?,43?,45?,46?,47?,49?,50?,52?,53+,54-,55+,56?,57?,59?,60?/m1/s1. The summed E-state index contributed by atoms with van der Waals surface area (Å²) >= 11 is 0. The minimum atomic E-state index is -2.36. The number of esters is 2. The molecule has 0 radical (unpaired) electrons. The highest BCUT2D eigenvalue weighted by atomic mass is 16.7. The molecule has 2 saturated heterocycles. The number of ether oxygens (including phenoxy) is 5. The number of nitrogens with one attached hydrogen (secondary N) is 1. The van der Waals surface area contributed by atoms with Crippen LogP contribution in [-0.2, 0) is 38.1 Å². The number of carbonyl (C=O) groups is 4. The molecule has 21 nitrogen and oxygen atoms in total. The summed E-state index contributed by atoms with van der Waals surface area (Å²) in [5.41, 5.74) is 7.40. The van der Waals surface area contributed by atoms with Crippen molar-refractivity contribution in [3.05, 3.63) is 115 Å². The molecular weight excluding hydrogens is 1050 g/mol.